The van der Waals surface area contributed by atoms with Crippen LogP contribution in [-0.2, 0) is 4.79 Å². The number of aromatic nitrogens is 1. The summed E-state index contributed by atoms with van der Waals surface area (Å²) >= 11 is 0. The van der Waals surface area contributed by atoms with Crippen LogP contribution >= 0.6 is 0 Å². The smallest absolute Gasteiger partial charge is 0.316 e. The van der Waals surface area contributed by atoms with Crippen molar-refractivity contribution in [3.63, 3.8) is 0 Å². The number of aryl methyl sites for hydroxylation is 1. The van der Waals surface area contributed by atoms with Crippen molar-refractivity contribution in [2.45, 2.75) is 32.7 Å². The normalized spacial score (nSPS) is 14.0. The molecule has 0 spiro atoms. The first-order valence-electron chi connectivity index (χ1n) is 12.9. The van der Waals surface area contributed by atoms with Gasteiger partial charge in [-0.05, 0) is 61.4 Å². The average Bonchev–Trinajstić information content (AvgIpc) is 3.41. The Balaban J connectivity index is 1.50. The molecular weight excluding hydrogens is 479 g/mol. The molecule has 3 aromatic carbocycles. The van der Waals surface area contributed by atoms with Crippen LogP contribution in [0.4, 0.5) is 20.6 Å². The molecule has 0 saturated carbocycles. The third kappa shape index (κ3) is 5.05. The van der Waals surface area contributed by atoms with Crippen LogP contribution in [0.2, 0.25) is 0 Å². The fourth-order valence-corrected chi connectivity index (χ4v) is 4.94. The molecule has 0 fully saturated rings. The zero-order valence-corrected chi connectivity index (χ0v) is 21.6. The van der Waals surface area contributed by atoms with Crippen molar-refractivity contribution in [3.05, 3.63) is 114 Å². The quantitative estimate of drug-likeness (QED) is 0.301. The molecule has 1 N–H and O–H groups in total. The molecule has 4 aromatic rings. The Labute approximate surface area is 222 Å². The predicted molar refractivity (Wildman–Crippen MR) is 148 cm³/mol. The molecule has 38 heavy (non-hydrogen) atoms. The number of fused-ring (bicyclic) bond motifs is 3. The third-order valence-corrected chi connectivity index (χ3v) is 6.85. The highest BCUT2D eigenvalue weighted by Gasteiger charge is 2.36. The molecule has 1 aromatic heterocycles. The number of amides is 3. The lowest BCUT2D eigenvalue weighted by molar-refractivity contribution is -0.119. The number of carbonyl (C=O) groups is 2. The molecule has 1 aliphatic heterocycles. The van der Waals surface area contributed by atoms with Crippen LogP contribution in [-0.4, -0.2) is 34.5 Å². The fraction of sp³-hybridized carbons (Fsp3) is 0.226. The van der Waals surface area contributed by atoms with E-state index in [1.165, 1.54) is 17.0 Å². The molecule has 2 heterocycles. The summed E-state index contributed by atoms with van der Waals surface area (Å²) in [6, 6.07) is 25.0. The van der Waals surface area contributed by atoms with Crippen LogP contribution < -0.4 is 10.2 Å². The topological polar surface area (TPSA) is 57.6 Å². The summed E-state index contributed by atoms with van der Waals surface area (Å²) in [5.41, 5.74) is 5.15. The minimum atomic E-state index is -0.437. The Morgan fingerprint density at radius 3 is 2.45 bits per heavy atom. The van der Waals surface area contributed by atoms with Crippen molar-refractivity contribution in [1.29, 1.82) is 0 Å². The molecule has 5 rings (SSSR count). The Hall–Kier alpha value is -4.39. The van der Waals surface area contributed by atoms with Gasteiger partial charge in [0.05, 0.1) is 17.1 Å². The fourth-order valence-electron chi connectivity index (χ4n) is 4.94. The van der Waals surface area contributed by atoms with E-state index in [-0.39, 0.29) is 18.5 Å². The molecule has 0 aliphatic carbocycles. The van der Waals surface area contributed by atoms with Gasteiger partial charge in [0.15, 0.2) is 0 Å². The summed E-state index contributed by atoms with van der Waals surface area (Å²) in [5, 5.41) is 2.75. The molecule has 0 bridgehead atoms. The average molecular weight is 511 g/mol. The molecule has 3 amide bonds. The van der Waals surface area contributed by atoms with E-state index >= 15 is 0 Å². The van der Waals surface area contributed by atoms with Gasteiger partial charge in [0, 0.05) is 18.4 Å². The van der Waals surface area contributed by atoms with Gasteiger partial charge in [0.25, 0.3) is 0 Å². The number of halogens is 1. The molecule has 1 atom stereocenters. The van der Waals surface area contributed by atoms with Crippen LogP contribution in [0.25, 0.3) is 5.69 Å². The van der Waals surface area contributed by atoms with E-state index in [0.29, 0.717) is 12.2 Å². The summed E-state index contributed by atoms with van der Waals surface area (Å²) in [7, 11) is 0. The van der Waals surface area contributed by atoms with E-state index in [1.54, 1.807) is 12.1 Å². The van der Waals surface area contributed by atoms with Gasteiger partial charge in [0.2, 0.25) is 5.91 Å². The lowest BCUT2D eigenvalue weighted by Gasteiger charge is -2.39. The number of nitrogens with one attached hydrogen (secondary N) is 1. The first-order chi connectivity index (χ1) is 18.5. The van der Waals surface area contributed by atoms with E-state index in [9.17, 15) is 14.0 Å². The summed E-state index contributed by atoms with van der Waals surface area (Å²) in [6.07, 6.45) is 3.62. The van der Waals surface area contributed by atoms with E-state index in [1.807, 2.05) is 73.5 Å². The zero-order valence-electron chi connectivity index (χ0n) is 21.6. The summed E-state index contributed by atoms with van der Waals surface area (Å²) in [6.45, 7) is 4.37. The SMILES string of the molecule is CCCCN(CC(=O)N1c2ccccc2-n2cccc2C1c1ccc(C)cc1)C(=O)Nc1cccc(F)c1. The summed E-state index contributed by atoms with van der Waals surface area (Å²) in [4.78, 5) is 30.7. The Morgan fingerprint density at radius 2 is 1.71 bits per heavy atom. The van der Waals surface area contributed by atoms with Crippen LogP contribution in [0.3, 0.4) is 0 Å². The predicted octanol–water partition coefficient (Wildman–Crippen LogP) is 6.70. The molecule has 7 heteroatoms. The van der Waals surface area contributed by atoms with Crippen molar-refractivity contribution < 1.29 is 14.0 Å². The summed E-state index contributed by atoms with van der Waals surface area (Å²) < 4.78 is 15.8. The van der Waals surface area contributed by atoms with Gasteiger partial charge in [0.1, 0.15) is 18.4 Å². The van der Waals surface area contributed by atoms with Gasteiger partial charge in [-0.2, -0.15) is 0 Å². The van der Waals surface area contributed by atoms with Crippen molar-refractivity contribution in [3.8, 4) is 5.69 Å². The number of hydrogen-bond donors (Lipinski definition) is 1. The number of benzene rings is 3. The Morgan fingerprint density at radius 1 is 0.947 bits per heavy atom. The Bertz CT molecular complexity index is 1450. The minimum absolute atomic E-state index is 0.113. The Kier molecular flexibility index (Phi) is 7.26. The number of hydrogen-bond acceptors (Lipinski definition) is 2. The molecular formula is C31H31FN4O2. The highest BCUT2D eigenvalue weighted by molar-refractivity contribution is 6.01. The highest BCUT2D eigenvalue weighted by atomic mass is 19.1. The molecule has 6 nitrogen and oxygen atoms in total. The number of rotatable bonds is 7. The number of nitrogens with zero attached hydrogens (tertiary/aromatic N) is 3. The molecule has 1 unspecified atom stereocenters. The van der Waals surface area contributed by atoms with E-state index in [4.69, 9.17) is 0 Å². The van der Waals surface area contributed by atoms with E-state index in [0.717, 1.165) is 41.0 Å². The molecule has 1 aliphatic rings. The largest absolute Gasteiger partial charge is 0.322 e. The number of urea groups is 1. The van der Waals surface area contributed by atoms with Gasteiger partial charge in [-0.25, -0.2) is 9.18 Å². The van der Waals surface area contributed by atoms with Crippen LogP contribution in [0.1, 0.15) is 42.6 Å². The first-order valence-corrected chi connectivity index (χ1v) is 12.9. The number of unbranched alkanes of at least 4 members (excludes halogenated alkanes) is 1. The van der Waals surface area contributed by atoms with Crippen LogP contribution in [0.15, 0.2) is 91.1 Å². The lowest BCUT2D eigenvalue weighted by Crippen LogP contribution is -2.48. The van der Waals surface area contributed by atoms with Crippen LogP contribution in [0.5, 0.6) is 0 Å². The van der Waals surface area contributed by atoms with Crippen molar-refractivity contribution in [2.24, 2.45) is 0 Å². The minimum Gasteiger partial charge on any atom is -0.316 e. The molecule has 0 saturated heterocycles. The van der Waals surface area contributed by atoms with E-state index in [2.05, 4.69) is 22.0 Å². The zero-order chi connectivity index (χ0) is 26.6. The maximum Gasteiger partial charge on any atom is 0.322 e. The number of para-hydroxylation sites is 2. The van der Waals surface area contributed by atoms with Crippen LogP contribution in [0, 0.1) is 12.7 Å². The van der Waals surface area contributed by atoms with E-state index < -0.39 is 11.8 Å². The van der Waals surface area contributed by atoms with Gasteiger partial charge < -0.3 is 14.8 Å². The van der Waals surface area contributed by atoms with Gasteiger partial charge in [-0.3, -0.25) is 9.69 Å². The van der Waals surface area contributed by atoms with Crippen molar-refractivity contribution in [1.82, 2.24) is 9.47 Å². The van der Waals surface area contributed by atoms with Gasteiger partial charge >= 0.3 is 6.03 Å². The monoisotopic (exact) mass is 510 g/mol. The second-order valence-corrected chi connectivity index (χ2v) is 9.58. The summed E-state index contributed by atoms with van der Waals surface area (Å²) in [5.74, 6) is -0.631. The second-order valence-electron chi connectivity index (χ2n) is 9.58. The highest BCUT2D eigenvalue weighted by Crippen LogP contribution is 2.42. The maximum absolute atomic E-state index is 14.2. The number of carbonyl (C=O) groups excluding carboxylic acids is 2. The van der Waals surface area contributed by atoms with Crippen molar-refractivity contribution in [2.75, 3.05) is 23.3 Å². The maximum atomic E-state index is 14.2. The third-order valence-electron chi connectivity index (χ3n) is 6.85. The van der Waals surface area contributed by atoms with Crippen molar-refractivity contribution >= 4 is 23.3 Å². The van der Waals surface area contributed by atoms with Gasteiger partial charge in [-0.15, -0.1) is 0 Å². The second kappa shape index (κ2) is 10.9. The molecule has 194 valence electrons. The standard InChI is InChI=1S/C31H31FN4O2/c1-3-4-18-34(31(38)33-25-10-7-9-24(32)20-25)21-29(37)36-27-12-6-5-11-26(27)35-19-8-13-28(35)30(36)23-16-14-22(2)15-17-23/h5-17,19-20,30H,3-4,18,21H2,1-2H3,(H,33,38). The first kappa shape index (κ1) is 25.3. The molecule has 0 radical (unpaired) electrons. The number of anilines is 2. The van der Waals surface area contributed by atoms with Gasteiger partial charge in [-0.1, -0.05) is 61.4 Å². The lowest BCUT2D eigenvalue weighted by atomic mass is 9.97.